The number of ether oxygens (including phenoxy) is 1. The molecule has 3 aliphatic carbocycles. The van der Waals surface area contributed by atoms with Crippen molar-refractivity contribution in [1.82, 2.24) is 0 Å². The molecule has 4 aliphatic rings. The van der Waals surface area contributed by atoms with Gasteiger partial charge in [0.25, 0.3) is 0 Å². The fourth-order valence-electron chi connectivity index (χ4n) is 3.95. The van der Waals surface area contributed by atoms with E-state index in [1.165, 1.54) is 6.07 Å². The first-order valence-electron chi connectivity index (χ1n) is 7.69. The molecule has 1 heterocycles. The lowest BCUT2D eigenvalue weighted by atomic mass is 9.69. The Hall–Kier alpha value is -2.47. The van der Waals surface area contributed by atoms with Gasteiger partial charge in [-0.05, 0) is 25.5 Å². The van der Waals surface area contributed by atoms with E-state index in [2.05, 4.69) is 0 Å². The Morgan fingerprint density at radius 2 is 1.62 bits per heavy atom. The number of aliphatic hydroxyl groups excluding tert-OH is 1. The average Bonchev–Trinajstić information content (AvgIpc) is 2.84. The van der Waals surface area contributed by atoms with Gasteiger partial charge in [-0.3, -0.25) is 14.4 Å². The second-order valence-electron chi connectivity index (χ2n) is 7.22. The third-order valence-corrected chi connectivity index (χ3v) is 5.78. The molecule has 124 valence electrons. The van der Waals surface area contributed by atoms with Crippen molar-refractivity contribution in [3.05, 3.63) is 63.2 Å². The highest BCUT2D eigenvalue weighted by atomic mass is 16.5. The summed E-state index contributed by atoms with van der Waals surface area (Å²) in [6.45, 7) is 6.74. The minimum absolute atomic E-state index is 0.0940. The van der Waals surface area contributed by atoms with Crippen molar-refractivity contribution in [2.75, 3.05) is 0 Å². The second kappa shape index (κ2) is 3.95. The van der Waals surface area contributed by atoms with Gasteiger partial charge in [0.1, 0.15) is 17.6 Å². The number of hydrogen-bond donors (Lipinski definition) is 2. The molecule has 0 aromatic heterocycles. The van der Waals surface area contributed by atoms with Crippen LogP contribution in [0.5, 0.6) is 0 Å². The Kier molecular flexibility index (Phi) is 2.48. The van der Waals surface area contributed by atoms with Crippen LogP contribution in [0.1, 0.15) is 26.3 Å². The molecule has 2 N–H and O–H groups in total. The van der Waals surface area contributed by atoms with Gasteiger partial charge >= 0.3 is 0 Å². The molecule has 0 amide bonds. The van der Waals surface area contributed by atoms with Gasteiger partial charge in [-0.1, -0.05) is 13.8 Å². The monoisotopic (exact) mass is 328 g/mol. The Balaban J connectivity index is 2.53. The van der Waals surface area contributed by atoms with Gasteiger partial charge in [-0.15, -0.1) is 0 Å². The van der Waals surface area contributed by atoms with E-state index in [4.69, 9.17) is 4.74 Å². The minimum atomic E-state index is -1.93. The Bertz CT molecular complexity index is 1260. The highest BCUT2D eigenvalue weighted by Gasteiger charge is 2.62. The summed E-state index contributed by atoms with van der Waals surface area (Å²) in [4.78, 5) is 37.0. The lowest BCUT2D eigenvalue weighted by Gasteiger charge is -2.36. The molecule has 0 saturated carbocycles. The van der Waals surface area contributed by atoms with Gasteiger partial charge in [0.2, 0.25) is 10.9 Å². The molecular formula is C18H16O6. The first kappa shape index (κ1) is 15.1. The van der Waals surface area contributed by atoms with Crippen LogP contribution < -0.4 is 26.7 Å². The van der Waals surface area contributed by atoms with Crippen LogP contribution in [0.3, 0.4) is 0 Å². The summed E-state index contributed by atoms with van der Waals surface area (Å²) in [5.74, 6) is -0.515. The van der Waals surface area contributed by atoms with Gasteiger partial charge in [-0.25, -0.2) is 0 Å². The highest BCUT2D eigenvalue weighted by molar-refractivity contribution is 5.74. The van der Waals surface area contributed by atoms with Gasteiger partial charge in [-0.2, -0.15) is 0 Å². The number of hydrogen-bond acceptors (Lipinski definition) is 6. The third kappa shape index (κ3) is 1.27. The molecule has 0 aromatic carbocycles. The van der Waals surface area contributed by atoms with Gasteiger partial charge in [0.15, 0.2) is 11.0 Å². The van der Waals surface area contributed by atoms with E-state index in [1.807, 2.05) is 0 Å². The van der Waals surface area contributed by atoms with Crippen molar-refractivity contribution >= 4 is 11.5 Å². The lowest BCUT2D eigenvalue weighted by Crippen LogP contribution is -2.53. The average molecular weight is 328 g/mol. The summed E-state index contributed by atoms with van der Waals surface area (Å²) in [5.41, 5.74) is -4.83. The molecule has 1 fully saturated rings. The summed E-state index contributed by atoms with van der Waals surface area (Å²) >= 11 is 0. The molecule has 0 aromatic rings. The molecule has 1 saturated heterocycles. The number of rotatable bonds is 0. The molecule has 0 radical (unpaired) electrons. The highest BCUT2D eigenvalue weighted by Crippen LogP contribution is 2.52. The zero-order valence-corrected chi connectivity index (χ0v) is 13.7. The third-order valence-electron chi connectivity index (χ3n) is 5.78. The molecule has 6 heteroatoms. The molecule has 24 heavy (non-hydrogen) atoms. The molecule has 2 atom stereocenters. The maximum atomic E-state index is 12.5. The second-order valence-corrected chi connectivity index (χ2v) is 7.22. The molecule has 6 nitrogen and oxygen atoms in total. The quantitative estimate of drug-likeness (QED) is 0.579. The van der Waals surface area contributed by atoms with Gasteiger partial charge in [0, 0.05) is 15.9 Å². The van der Waals surface area contributed by atoms with E-state index < -0.39 is 33.4 Å². The first-order chi connectivity index (χ1) is 11.0. The number of aryl methyl sites for hydroxylation is 1. The number of aliphatic hydroxyl groups is 2. The van der Waals surface area contributed by atoms with E-state index in [1.54, 1.807) is 27.7 Å². The smallest absolute Gasteiger partial charge is 0.238 e. The van der Waals surface area contributed by atoms with Crippen molar-refractivity contribution in [2.45, 2.75) is 39.4 Å². The summed E-state index contributed by atoms with van der Waals surface area (Å²) in [6.07, 6.45) is -0.513. The fourth-order valence-corrected chi connectivity index (χ4v) is 3.95. The normalized spacial score (nSPS) is 27.5. The van der Waals surface area contributed by atoms with E-state index >= 15 is 0 Å². The van der Waals surface area contributed by atoms with E-state index in [0.717, 1.165) is 0 Å². The van der Waals surface area contributed by atoms with E-state index in [9.17, 15) is 24.6 Å². The molecule has 1 aliphatic heterocycles. The van der Waals surface area contributed by atoms with E-state index in [-0.39, 0.29) is 32.4 Å². The Morgan fingerprint density at radius 3 is 2.25 bits per heavy atom. The molecule has 0 spiro atoms. The Morgan fingerprint density at radius 1 is 1.04 bits per heavy atom. The maximum Gasteiger partial charge on any atom is 0.238 e. The maximum absolute atomic E-state index is 12.5. The predicted molar refractivity (Wildman–Crippen MR) is 85.6 cm³/mol. The van der Waals surface area contributed by atoms with Gasteiger partial charge < -0.3 is 14.9 Å². The predicted octanol–water partition coefficient (Wildman–Crippen LogP) is -1.36. The van der Waals surface area contributed by atoms with Gasteiger partial charge in [0.05, 0.1) is 10.4 Å². The van der Waals surface area contributed by atoms with Crippen molar-refractivity contribution in [3.63, 3.8) is 0 Å². The molecule has 4 rings (SSSR count). The minimum Gasteiger partial charge on any atom is -0.508 e. The number of fused-ring (bicyclic) bond motifs is 1. The zero-order valence-electron chi connectivity index (χ0n) is 13.7. The van der Waals surface area contributed by atoms with Crippen LogP contribution in [0.15, 0.2) is 20.4 Å². The molecule has 0 unspecified atom stereocenters. The van der Waals surface area contributed by atoms with Crippen LogP contribution in [0, 0.1) is 22.8 Å². The van der Waals surface area contributed by atoms with Crippen LogP contribution in [0.4, 0.5) is 0 Å². The zero-order chi connectivity index (χ0) is 17.8. The van der Waals surface area contributed by atoms with Crippen LogP contribution >= 0.6 is 0 Å². The van der Waals surface area contributed by atoms with Crippen LogP contribution in [0.25, 0.3) is 11.5 Å². The Labute approximate surface area is 135 Å². The van der Waals surface area contributed by atoms with E-state index in [0.29, 0.717) is 5.56 Å². The topological polar surface area (TPSA) is 101 Å². The summed E-state index contributed by atoms with van der Waals surface area (Å²) in [7, 11) is 0. The molecular weight excluding hydrogens is 312 g/mol. The van der Waals surface area contributed by atoms with Crippen LogP contribution in [-0.2, 0) is 4.74 Å². The molecule has 0 bridgehead atoms. The van der Waals surface area contributed by atoms with Crippen LogP contribution in [0.2, 0.25) is 0 Å². The van der Waals surface area contributed by atoms with Crippen molar-refractivity contribution < 1.29 is 14.9 Å². The lowest BCUT2D eigenvalue weighted by molar-refractivity contribution is 0.0113. The summed E-state index contributed by atoms with van der Waals surface area (Å²) in [6, 6.07) is 1.21. The standard InChI is InChI=1S/C18H16O6/c1-6-5-8(19)10-11-9(6)15(22)18(23)16(12(11)14(21)13(10)20)24-7(2)17(18,3)4/h5,7,22-23H,1-4H3/t7-,18+/m1/s1. The fraction of sp³-hybridized carbons (Fsp3) is 0.389. The largest absolute Gasteiger partial charge is 0.508 e. The van der Waals surface area contributed by atoms with Crippen LogP contribution in [-0.4, -0.2) is 21.9 Å². The van der Waals surface area contributed by atoms with Crippen molar-refractivity contribution in [2.24, 2.45) is 5.41 Å². The summed E-state index contributed by atoms with van der Waals surface area (Å²) < 4.78 is 5.72. The SMILES string of the molecule is Cc1cc(=O)c2c(=O)c(=O)c3c=2c1=C(O)[C@]1(O)C=3O[C@H](C)C1(C)C. The van der Waals surface area contributed by atoms with Crippen molar-refractivity contribution in [3.8, 4) is 0 Å². The summed E-state index contributed by atoms with van der Waals surface area (Å²) in [5, 5.41) is 22.1. The van der Waals surface area contributed by atoms with Crippen molar-refractivity contribution in [1.29, 1.82) is 0 Å². The first-order valence-corrected chi connectivity index (χ1v) is 7.69.